The van der Waals surface area contributed by atoms with Crippen LogP contribution in [0, 0.1) is 0 Å². The Bertz CT molecular complexity index is 117. The molecule has 3 heteroatoms. The van der Waals surface area contributed by atoms with Crippen LogP contribution in [-0.4, -0.2) is 42.9 Å². The molecule has 0 aromatic heterocycles. The number of aliphatic hydroxyl groups is 1. The summed E-state index contributed by atoms with van der Waals surface area (Å²) in [6.45, 7) is 1.58. The highest BCUT2D eigenvalue weighted by atomic mass is 35.5. The fourth-order valence-electron chi connectivity index (χ4n) is 1.74. The first-order valence-corrected chi connectivity index (χ1v) is 4.10. The summed E-state index contributed by atoms with van der Waals surface area (Å²) in [6.07, 6.45) is 3.82. The molecule has 1 rings (SSSR count). The van der Waals surface area contributed by atoms with Crippen molar-refractivity contribution in [2.75, 3.05) is 27.2 Å². The summed E-state index contributed by atoms with van der Waals surface area (Å²) >= 11 is 0. The molecule has 0 aliphatic carbocycles. The minimum atomic E-state index is 0. The average molecular weight is 180 g/mol. The van der Waals surface area contributed by atoms with Crippen LogP contribution in [0.15, 0.2) is 0 Å². The lowest BCUT2D eigenvalue weighted by molar-refractivity contribution is -0.920. The van der Waals surface area contributed by atoms with E-state index < -0.39 is 0 Å². The Morgan fingerprint density at radius 1 is 1.36 bits per heavy atom. The minimum absolute atomic E-state index is 0. The lowest BCUT2D eigenvalue weighted by Crippen LogP contribution is -3.00. The van der Waals surface area contributed by atoms with E-state index in [1.165, 1.54) is 25.8 Å². The van der Waals surface area contributed by atoms with Gasteiger partial charge in [0.05, 0.1) is 27.2 Å². The first-order chi connectivity index (χ1) is 4.67. The Balaban J connectivity index is 0.000001000. The number of hydrogen-bond acceptors (Lipinski definition) is 1. The summed E-state index contributed by atoms with van der Waals surface area (Å²) < 4.78 is 1.01. The normalized spacial score (nSPS) is 29.2. The van der Waals surface area contributed by atoms with Gasteiger partial charge in [-0.25, -0.2) is 0 Å². The smallest absolute Gasteiger partial charge is 0.112 e. The van der Waals surface area contributed by atoms with E-state index in [1.54, 1.807) is 0 Å². The molecule has 1 saturated heterocycles. The molecule has 1 N–H and O–H groups in total. The van der Waals surface area contributed by atoms with Crippen molar-refractivity contribution in [3.63, 3.8) is 0 Å². The van der Waals surface area contributed by atoms with Crippen molar-refractivity contribution in [1.82, 2.24) is 0 Å². The van der Waals surface area contributed by atoms with Gasteiger partial charge < -0.3 is 22.0 Å². The fraction of sp³-hybridized carbons (Fsp3) is 1.00. The largest absolute Gasteiger partial charge is 1.00 e. The maximum Gasteiger partial charge on any atom is 0.112 e. The molecule has 1 atom stereocenters. The minimum Gasteiger partial charge on any atom is -1.00 e. The van der Waals surface area contributed by atoms with Gasteiger partial charge in [-0.2, -0.15) is 0 Å². The summed E-state index contributed by atoms with van der Waals surface area (Å²) in [7, 11) is 4.42. The zero-order chi connectivity index (χ0) is 7.61. The number of halogens is 1. The highest BCUT2D eigenvalue weighted by Gasteiger charge is 2.30. The number of hydrogen-bond donors (Lipinski definition) is 1. The molecule has 1 aliphatic heterocycles. The highest BCUT2D eigenvalue weighted by Crippen LogP contribution is 2.20. The van der Waals surface area contributed by atoms with Crippen molar-refractivity contribution in [3.8, 4) is 0 Å². The van der Waals surface area contributed by atoms with Crippen molar-refractivity contribution >= 4 is 0 Å². The Morgan fingerprint density at radius 2 is 2.00 bits per heavy atom. The van der Waals surface area contributed by atoms with Gasteiger partial charge in [0, 0.05) is 6.42 Å². The summed E-state index contributed by atoms with van der Waals surface area (Å²) in [5.74, 6) is 0. The third kappa shape index (κ3) is 2.62. The van der Waals surface area contributed by atoms with E-state index in [4.69, 9.17) is 5.11 Å². The maximum atomic E-state index is 9.01. The van der Waals surface area contributed by atoms with Crippen molar-refractivity contribution in [2.45, 2.75) is 25.3 Å². The Morgan fingerprint density at radius 3 is 2.36 bits per heavy atom. The molecule has 68 valence electrons. The van der Waals surface area contributed by atoms with E-state index in [-0.39, 0.29) is 12.4 Å². The Kier molecular flexibility index (Phi) is 4.37. The first kappa shape index (κ1) is 11.2. The molecule has 0 spiro atoms. The van der Waals surface area contributed by atoms with E-state index in [0.717, 1.165) is 4.48 Å². The number of aliphatic hydroxyl groups excluding tert-OH is 1. The van der Waals surface area contributed by atoms with Crippen LogP contribution in [0.25, 0.3) is 0 Å². The highest BCUT2D eigenvalue weighted by molar-refractivity contribution is 4.62. The van der Waals surface area contributed by atoms with Gasteiger partial charge in [-0.3, -0.25) is 0 Å². The van der Waals surface area contributed by atoms with Crippen LogP contribution in [0.5, 0.6) is 0 Å². The standard InChI is InChI=1S/C8H18NO.ClH/c1-9(2)6-4-3-5-8(9)7-10;/h8,10H,3-7H2,1-2H3;1H/q+1;/p-1. The second-order valence-corrected chi connectivity index (χ2v) is 3.83. The lowest BCUT2D eigenvalue weighted by atomic mass is 10.0. The Labute approximate surface area is 75.2 Å². The number of nitrogens with zero attached hydrogens (tertiary/aromatic N) is 1. The van der Waals surface area contributed by atoms with Crippen molar-refractivity contribution in [1.29, 1.82) is 0 Å². The summed E-state index contributed by atoms with van der Waals surface area (Å²) in [5.41, 5.74) is 0. The first-order valence-electron chi connectivity index (χ1n) is 4.10. The molecule has 0 aromatic rings. The molecular weight excluding hydrogens is 162 g/mol. The second kappa shape index (κ2) is 4.29. The van der Waals surface area contributed by atoms with Crippen molar-refractivity contribution in [2.24, 2.45) is 0 Å². The monoisotopic (exact) mass is 179 g/mol. The van der Waals surface area contributed by atoms with E-state index in [2.05, 4.69) is 14.1 Å². The topological polar surface area (TPSA) is 20.2 Å². The van der Waals surface area contributed by atoms with E-state index >= 15 is 0 Å². The van der Waals surface area contributed by atoms with Crippen LogP contribution in [0.2, 0.25) is 0 Å². The van der Waals surface area contributed by atoms with E-state index in [0.29, 0.717) is 12.6 Å². The van der Waals surface area contributed by atoms with Gasteiger partial charge in [-0.05, 0) is 12.8 Å². The van der Waals surface area contributed by atoms with Crippen molar-refractivity contribution < 1.29 is 22.0 Å². The van der Waals surface area contributed by atoms with Gasteiger partial charge in [0.1, 0.15) is 6.04 Å². The molecule has 0 radical (unpaired) electrons. The summed E-state index contributed by atoms with van der Waals surface area (Å²) in [5, 5.41) is 9.01. The van der Waals surface area contributed by atoms with E-state index in [9.17, 15) is 0 Å². The van der Waals surface area contributed by atoms with Gasteiger partial charge in [-0.1, -0.05) is 0 Å². The summed E-state index contributed by atoms with van der Waals surface area (Å²) in [4.78, 5) is 0. The van der Waals surface area contributed by atoms with Crippen LogP contribution in [0.1, 0.15) is 19.3 Å². The van der Waals surface area contributed by atoms with Crippen LogP contribution in [0.3, 0.4) is 0 Å². The van der Waals surface area contributed by atoms with Gasteiger partial charge in [0.2, 0.25) is 0 Å². The van der Waals surface area contributed by atoms with Gasteiger partial charge in [0.25, 0.3) is 0 Å². The number of quaternary nitrogens is 1. The molecular formula is C8H18ClNO. The molecule has 0 bridgehead atoms. The molecule has 0 saturated carbocycles. The van der Waals surface area contributed by atoms with Crippen LogP contribution in [-0.2, 0) is 0 Å². The molecule has 11 heavy (non-hydrogen) atoms. The van der Waals surface area contributed by atoms with Gasteiger partial charge >= 0.3 is 0 Å². The molecule has 0 amide bonds. The molecule has 1 aliphatic rings. The van der Waals surface area contributed by atoms with Gasteiger partial charge in [-0.15, -0.1) is 0 Å². The summed E-state index contributed by atoms with van der Waals surface area (Å²) in [6, 6.07) is 0.494. The predicted octanol–water partition coefficient (Wildman–Crippen LogP) is -2.39. The fourth-order valence-corrected chi connectivity index (χ4v) is 1.74. The zero-order valence-corrected chi connectivity index (χ0v) is 8.14. The quantitative estimate of drug-likeness (QED) is 0.446. The van der Waals surface area contributed by atoms with Gasteiger partial charge in [0.15, 0.2) is 0 Å². The SMILES string of the molecule is C[N+]1(C)CCCCC1CO.[Cl-]. The lowest BCUT2D eigenvalue weighted by Gasteiger charge is -2.40. The van der Waals surface area contributed by atoms with Crippen LogP contribution in [0.4, 0.5) is 0 Å². The van der Waals surface area contributed by atoms with Crippen LogP contribution < -0.4 is 12.4 Å². The number of rotatable bonds is 1. The Hall–Kier alpha value is 0.210. The van der Waals surface area contributed by atoms with E-state index in [1.807, 2.05) is 0 Å². The average Bonchev–Trinajstić information content (AvgIpc) is 1.87. The molecule has 1 fully saturated rings. The molecule has 1 unspecified atom stereocenters. The van der Waals surface area contributed by atoms with Crippen LogP contribution >= 0.6 is 0 Å². The predicted molar refractivity (Wildman–Crippen MR) is 41.7 cm³/mol. The molecule has 0 aromatic carbocycles. The third-order valence-electron chi connectivity index (χ3n) is 2.72. The third-order valence-corrected chi connectivity index (χ3v) is 2.72. The second-order valence-electron chi connectivity index (χ2n) is 3.83. The van der Waals surface area contributed by atoms with Crippen molar-refractivity contribution in [3.05, 3.63) is 0 Å². The number of piperidine rings is 1. The maximum absolute atomic E-state index is 9.01. The zero-order valence-electron chi connectivity index (χ0n) is 7.39. The molecule has 2 nitrogen and oxygen atoms in total. The number of likely N-dealkylation sites (tertiary alicyclic amines) is 1. The molecule has 1 heterocycles. The number of likely N-dealkylation sites (N-methyl/N-ethyl adjacent to an activating group) is 1.